The monoisotopic (exact) mass is 225 g/mol. The number of nitrogens with zero attached hydrogens (tertiary/aromatic N) is 3. The van der Waals surface area contributed by atoms with Crippen LogP contribution in [0.4, 0.5) is 0 Å². The van der Waals surface area contributed by atoms with Crippen molar-refractivity contribution < 1.29 is 4.79 Å². The molecule has 1 aromatic rings. The van der Waals surface area contributed by atoms with E-state index in [1.807, 2.05) is 0 Å². The van der Waals surface area contributed by atoms with Gasteiger partial charge in [0, 0.05) is 6.04 Å². The zero-order valence-corrected chi connectivity index (χ0v) is 9.81. The number of rotatable bonds is 6. The predicted octanol–water partition coefficient (Wildman–Crippen LogP) is 0.0416. The quantitative estimate of drug-likeness (QED) is 0.716. The highest BCUT2D eigenvalue weighted by Gasteiger charge is 2.09. The summed E-state index contributed by atoms with van der Waals surface area (Å²) in [6.45, 7) is 4.59. The van der Waals surface area contributed by atoms with Crippen LogP contribution >= 0.6 is 0 Å². The SMILES string of the molecule is CCC(CC)NC(=O)Cn1cnc(CN)n1. The summed E-state index contributed by atoms with van der Waals surface area (Å²) in [6, 6.07) is 0.241. The Bertz CT molecular complexity index is 332. The van der Waals surface area contributed by atoms with Crippen LogP contribution in [0.15, 0.2) is 6.33 Å². The third kappa shape index (κ3) is 3.62. The highest BCUT2D eigenvalue weighted by atomic mass is 16.2. The molecular formula is C10H19N5O. The van der Waals surface area contributed by atoms with E-state index in [2.05, 4.69) is 29.2 Å². The zero-order chi connectivity index (χ0) is 12.0. The molecule has 90 valence electrons. The van der Waals surface area contributed by atoms with Crippen LogP contribution in [0.2, 0.25) is 0 Å². The molecule has 0 radical (unpaired) electrons. The van der Waals surface area contributed by atoms with Gasteiger partial charge in [-0.2, -0.15) is 5.10 Å². The van der Waals surface area contributed by atoms with Crippen molar-refractivity contribution in [1.29, 1.82) is 0 Å². The van der Waals surface area contributed by atoms with Crippen molar-refractivity contribution in [3.8, 4) is 0 Å². The van der Waals surface area contributed by atoms with Gasteiger partial charge in [0.2, 0.25) is 5.91 Å². The second-order valence-corrected chi connectivity index (χ2v) is 3.64. The van der Waals surface area contributed by atoms with Gasteiger partial charge in [-0.15, -0.1) is 0 Å². The van der Waals surface area contributed by atoms with Crippen LogP contribution in [0.5, 0.6) is 0 Å². The lowest BCUT2D eigenvalue weighted by atomic mass is 10.2. The van der Waals surface area contributed by atoms with Gasteiger partial charge in [0.25, 0.3) is 0 Å². The number of hydrogen-bond acceptors (Lipinski definition) is 4. The van der Waals surface area contributed by atoms with Gasteiger partial charge in [-0.05, 0) is 12.8 Å². The maximum absolute atomic E-state index is 11.6. The Hall–Kier alpha value is -1.43. The van der Waals surface area contributed by atoms with Crippen molar-refractivity contribution in [2.75, 3.05) is 0 Å². The van der Waals surface area contributed by atoms with Crippen LogP contribution in [-0.2, 0) is 17.9 Å². The summed E-state index contributed by atoms with van der Waals surface area (Å²) in [5.41, 5.74) is 5.38. The number of amides is 1. The lowest BCUT2D eigenvalue weighted by Gasteiger charge is -2.14. The molecule has 0 saturated heterocycles. The summed E-state index contributed by atoms with van der Waals surface area (Å²) in [5, 5.41) is 6.98. The van der Waals surface area contributed by atoms with Crippen molar-refractivity contribution >= 4 is 5.91 Å². The Morgan fingerprint density at radius 1 is 1.56 bits per heavy atom. The molecule has 0 aromatic carbocycles. The van der Waals surface area contributed by atoms with E-state index in [0.717, 1.165) is 12.8 Å². The molecule has 0 fully saturated rings. The molecule has 3 N–H and O–H groups in total. The van der Waals surface area contributed by atoms with Gasteiger partial charge >= 0.3 is 0 Å². The molecule has 0 unspecified atom stereocenters. The fourth-order valence-corrected chi connectivity index (χ4v) is 1.42. The second-order valence-electron chi connectivity index (χ2n) is 3.64. The zero-order valence-electron chi connectivity index (χ0n) is 9.81. The van der Waals surface area contributed by atoms with Crippen molar-refractivity contribution in [2.24, 2.45) is 5.73 Å². The normalized spacial score (nSPS) is 10.8. The first-order valence-corrected chi connectivity index (χ1v) is 5.57. The Morgan fingerprint density at radius 3 is 2.75 bits per heavy atom. The maximum atomic E-state index is 11.6. The van der Waals surface area contributed by atoms with Gasteiger partial charge in [0.1, 0.15) is 12.9 Å². The van der Waals surface area contributed by atoms with Crippen molar-refractivity contribution in [3.63, 3.8) is 0 Å². The van der Waals surface area contributed by atoms with Gasteiger partial charge in [-0.25, -0.2) is 9.67 Å². The molecule has 0 aliphatic carbocycles. The number of nitrogens with one attached hydrogen (secondary N) is 1. The van der Waals surface area contributed by atoms with E-state index in [1.54, 1.807) is 0 Å². The number of carbonyl (C=O) groups excluding carboxylic acids is 1. The first-order valence-electron chi connectivity index (χ1n) is 5.57. The van der Waals surface area contributed by atoms with E-state index in [1.165, 1.54) is 11.0 Å². The molecule has 0 aliphatic heterocycles. The third-order valence-corrected chi connectivity index (χ3v) is 2.42. The Kier molecular flexibility index (Phi) is 4.91. The Morgan fingerprint density at radius 2 is 2.25 bits per heavy atom. The molecule has 1 aromatic heterocycles. The van der Waals surface area contributed by atoms with E-state index in [0.29, 0.717) is 12.4 Å². The largest absolute Gasteiger partial charge is 0.352 e. The summed E-state index contributed by atoms with van der Waals surface area (Å²) >= 11 is 0. The van der Waals surface area contributed by atoms with Crippen LogP contribution < -0.4 is 11.1 Å². The molecule has 0 saturated carbocycles. The van der Waals surface area contributed by atoms with Gasteiger partial charge < -0.3 is 11.1 Å². The molecule has 1 heterocycles. The average Bonchev–Trinajstić information content (AvgIpc) is 2.73. The highest BCUT2D eigenvalue weighted by molar-refractivity contribution is 5.75. The lowest BCUT2D eigenvalue weighted by molar-refractivity contribution is -0.122. The maximum Gasteiger partial charge on any atom is 0.242 e. The van der Waals surface area contributed by atoms with Crippen molar-refractivity contribution in [2.45, 2.75) is 45.8 Å². The molecule has 6 heteroatoms. The molecular weight excluding hydrogens is 206 g/mol. The topological polar surface area (TPSA) is 85.8 Å². The van der Waals surface area contributed by atoms with Crippen LogP contribution in [-0.4, -0.2) is 26.7 Å². The molecule has 0 atom stereocenters. The number of carbonyl (C=O) groups is 1. The molecule has 6 nitrogen and oxygen atoms in total. The summed E-state index contributed by atoms with van der Waals surface area (Å²) < 4.78 is 1.50. The second kappa shape index (κ2) is 6.22. The Balaban J connectivity index is 2.44. The van der Waals surface area contributed by atoms with E-state index in [9.17, 15) is 4.79 Å². The number of hydrogen-bond donors (Lipinski definition) is 2. The third-order valence-electron chi connectivity index (χ3n) is 2.42. The average molecular weight is 225 g/mol. The molecule has 16 heavy (non-hydrogen) atoms. The fourth-order valence-electron chi connectivity index (χ4n) is 1.42. The summed E-state index contributed by atoms with van der Waals surface area (Å²) in [4.78, 5) is 15.6. The van der Waals surface area contributed by atoms with Crippen LogP contribution in [0, 0.1) is 0 Å². The van der Waals surface area contributed by atoms with Crippen LogP contribution in [0.25, 0.3) is 0 Å². The summed E-state index contributed by atoms with van der Waals surface area (Å²) in [6.07, 6.45) is 3.40. The molecule has 0 bridgehead atoms. The van der Waals surface area contributed by atoms with Gasteiger partial charge in [-0.1, -0.05) is 13.8 Å². The van der Waals surface area contributed by atoms with Crippen LogP contribution in [0.1, 0.15) is 32.5 Å². The Labute approximate surface area is 95.2 Å². The molecule has 0 spiro atoms. The van der Waals surface area contributed by atoms with Gasteiger partial charge in [0.05, 0.1) is 6.54 Å². The number of aromatic nitrogens is 3. The van der Waals surface area contributed by atoms with Crippen LogP contribution in [0.3, 0.4) is 0 Å². The first kappa shape index (κ1) is 12.6. The fraction of sp³-hybridized carbons (Fsp3) is 0.700. The van der Waals surface area contributed by atoms with E-state index in [-0.39, 0.29) is 18.5 Å². The predicted molar refractivity (Wildman–Crippen MR) is 60.4 cm³/mol. The molecule has 0 aliphatic rings. The van der Waals surface area contributed by atoms with E-state index < -0.39 is 0 Å². The summed E-state index contributed by atoms with van der Waals surface area (Å²) in [7, 11) is 0. The minimum atomic E-state index is -0.0397. The van der Waals surface area contributed by atoms with Gasteiger partial charge in [0.15, 0.2) is 5.82 Å². The minimum absolute atomic E-state index is 0.0397. The van der Waals surface area contributed by atoms with Crippen molar-refractivity contribution in [1.82, 2.24) is 20.1 Å². The van der Waals surface area contributed by atoms with Crippen molar-refractivity contribution in [3.05, 3.63) is 12.2 Å². The number of nitrogens with two attached hydrogens (primary N) is 1. The van der Waals surface area contributed by atoms with E-state index in [4.69, 9.17) is 5.73 Å². The molecule has 1 rings (SSSR count). The lowest BCUT2D eigenvalue weighted by Crippen LogP contribution is -2.36. The smallest absolute Gasteiger partial charge is 0.242 e. The van der Waals surface area contributed by atoms with E-state index >= 15 is 0 Å². The molecule has 1 amide bonds. The minimum Gasteiger partial charge on any atom is -0.352 e. The summed E-state index contributed by atoms with van der Waals surface area (Å²) in [5.74, 6) is 0.512. The van der Waals surface area contributed by atoms with Gasteiger partial charge in [-0.3, -0.25) is 4.79 Å². The first-order chi connectivity index (χ1) is 7.69. The highest BCUT2D eigenvalue weighted by Crippen LogP contribution is 1.96. The standard InChI is InChI=1S/C10H19N5O/c1-3-8(4-2)13-10(16)6-15-7-12-9(5-11)14-15/h7-8H,3-6,11H2,1-2H3,(H,13,16).